The van der Waals surface area contributed by atoms with Gasteiger partial charge in [-0.1, -0.05) is 26.5 Å². The van der Waals surface area contributed by atoms with Crippen molar-refractivity contribution in [3.8, 4) is 5.75 Å². The van der Waals surface area contributed by atoms with E-state index in [4.69, 9.17) is 9.15 Å². The van der Waals surface area contributed by atoms with E-state index >= 15 is 0 Å². The molecule has 0 aliphatic heterocycles. The lowest BCUT2D eigenvalue weighted by molar-refractivity contribution is 0.0929. The summed E-state index contributed by atoms with van der Waals surface area (Å²) in [4.78, 5) is 14.7. The Balaban J connectivity index is 1.99. The van der Waals surface area contributed by atoms with Gasteiger partial charge < -0.3 is 14.5 Å². The van der Waals surface area contributed by atoms with Crippen molar-refractivity contribution in [3.63, 3.8) is 0 Å². The molecule has 1 atom stereocenters. The molecule has 1 N–H and O–H groups in total. The number of nitrogens with zero attached hydrogens (tertiary/aromatic N) is 1. The van der Waals surface area contributed by atoms with Crippen molar-refractivity contribution in [2.45, 2.75) is 19.9 Å². The number of hydrogen-bond acceptors (Lipinski definition) is 4. The summed E-state index contributed by atoms with van der Waals surface area (Å²) in [5.41, 5.74) is 0.601. The SMILES string of the molecule is C=CCOc1ccc(C(=O)NC[C@@H](c2ccco2)N(CC)CC)cc1. The number of nitrogens with one attached hydrogen (secondary N) is 1. The van der Waals surface area contributed by atoms with Crippen LogP contribution in [0.4, 0.5) is 0 Å². The van der Waals surface area contributed by atoms with Crippen LogP contribution in [0.15, 0.2) is 59.7 Å². The summed E-state index contributed by atoms with van der Waals surface area (Å²) < 4.78 is 11.0. The Kier molecular flexibility index (Phi) is 7.29. The zero-order valence-corrected chi connectivity index (χ0v) is 14.9. The smallest absolute Gasteiger partial charge is 0.251 e. The Hall–Kier alpha value is -2.53. The summed E-state index contributed by atoms with van der Waals surface area (Å²) in [6.07, 6.45) is 3.35. The van der Waals surface area contributed by atoms with Crippen molar-refractivity contribution in [3.05, 3.63) is 66.6 Å². The Morgan fingerprint density at radius 1 is 1.28 bits per heavy atom. The van der Waals surface area contributed by atoms with Crippen LogP contribution in [-0.4, -0.2) is 37.0 Å². The molecule has 25 heavy (non-hydrogen) atoms. The Morgan fingerprint density at radius 2 is 2.00 bits per heavy atom. The third-order valence-electron chi connectivity index (χ3n) is 4.07. The second-order valence-electron chi connectivity index (χ2n) is 5.59. The highest BCUT2D eigenvalue weighted by atomic mass is 16.5. The van der Waals surface area contributed by atoms with E-state index in [-0.39, 0.29) is 11.9 Å². The average Bonchev–Trinajstić information content (AvgIpc) is 3.18. The molecule has 1 aromatic heterocycles. The monoisotopic (exact) mass is 342 g/mol. The Labute approximate surface area is 149 Å². The van der Waals surface area contributed by atoms with Crippen molar-refractivity contribution in [2.75, 3.05) is 26.2 Å². The molecule has 0 spiro atoms. The zero-order valence-electron chi connectivity index (χ0n) is 14.9. The van der Waals surface area contributed by atoms with Gasteiger partial charge in [0.25, 0.3) is 5.91 Å². The summed E-state index contributed by atoms with van der Waals surface area (Å²) in [5, 5.41) is 3.00. The number of amides is 1. The van der Waals surface area contributed by atoms with Crippen molar-refractivity contribution in [1.82, 2.24) is 10.2 Å². The highest BCUT2D eigenvalue weighted by Crippen LogP contribution is 2.20. The zero-order chi connectivity index (χ0) is 18.1. The lowest BCUT2D eigenvalue weighted by atomic mass is 10.1. The number of benzene rings is 1. The van der Waals surface area contributed by atoms with Crippen LogP contribution in [0.3, 0.4) is 0 Å². The van der Waals surface area contributed by atoms with Crippen LogP contribution in [0.2, 0.25) is 0 Å². The van der Waals surface area contributed by atoms with E-state index in [0.717, 1.165) is 18.8 Å². The first kappa shape index (κ1) is 18.8. The normalized spacial score (nSPS) is 12.0. The Bertz CT molecular complexity index is 646. The van der Waals surface area contributed by atoms with Crippen molar-refractivity contribution < 1.29 is 13.9 Å². The summed E-state index contributed by atoms with van der Waals surface area (Å²) >= 11 is 0. The largest absolute Gasteiger partial charge is 0.490 e. The third-order valence-corrected chi connectivity index (χ3v) is 4.07. The molecule has 0 bridgehead atoms. The molecule has 5 nitrogen and oxygen atoms in total. The number of likely N-dealkylation sites (N-methyl/N-ethyl adjacent to an activating group) is 1. The topological polar surface area (TPSA) is 54.7 Å². The maximum Gasteiger partial charge on any atom is 0.251 e. The van der Waals surface area contributed by atoms with Crippen LogP contribution < -0.4 is 10.1 Å². The minimum atomic E-state index is -0.112. The fourth-order valence-corrected chi connectivity index (χ4v) is 2.70. The molecule has 2 rings (SSSR count). The molecule has 1 aromatic carbocycles. The molecule has 0 radical (unpaired) electrons. The molecule has 0 saturated carbocycles. The van der Waals surface area contributed by atoms with E-state index in [0.29, 0.717) is 24.5 Å². The van der Waals surface area contributed by atoms with Gasteiger partial charge in [0, 0.05) is 12.1 Å². The first-order valence-electron chi connectivity index (χ1n) is 8.59. The molecule has 2 aromatic rings. The number of carbonyl (C=O) groups is 1. The number of furan rings is 1. The maximum absolute atomic E-state index is 12.4. The third kappa shape index (κ3) is 5.22. The van der Waals surface area contributed by atoms with Crippen molar-refractivity contribution in [2.24, 2.45) is 0 Å². The number of hydrogen-bond donors (Lipinski definition) is 1. The Morgan fingerprint density at radius 3 is 2.56 bits per heavy atom. The van der Waals surface area contributed by atoms with Gasteiger partial charge >= 0.3 is 0 Å². The predicted molar refractivity (Wildman–Crippen MR) is 98.8 cm³/mol. The van der Waals surface area contributed by atoms with Crippen LogP contribution in [0.25, 0.3) is 0 Å². The molecule has 1 heterocycles. The van der Waals surface area contributed by atoms with Gasteiger partial charge in [-0.25, -0.2) is 0 Å². The maximum atomic E-state index is 12.4. The molecule has 0 unspecified atom stereocenters. The summed E-state index contributed by atoms with van der Waals surface area (Å²) in [6, 6.07) is 10.9. The molecule has 134 valence electrons. The molecule has 0 saturated heterocycles. The van der Waals surface area contributed by atoms with Crippen LogP contribution >= 0.6 is 0 Å². The van der Waals surface area contributed by atoms with Gasteiger partial charge in [0.2, 0.25) is 0 Å². The van der Waals surface area contributed by atoms with E-state index < -0.39 is 0 Å². The summed E-state index contributed by atoms with van der Waals surface area (Å²) in [6.45, 7) is 10.5. The average molecular weight is 342 g/mol. The number of rotatable bonds is 10. The van der Waals surface area contributed by atoms with E-state index in [1.165, 1.54) is 0 Å². The van der Waals surface area contributed by atoms with Gasteiger partial charge in [0.1, 0.15) is 18.1 Å². The van der Waals surface area contributed by atoms with Crippen LogP contribution in [-0.2, 0) is 0 Å². The molecular weight excluding hydrogens is 316 g/mol. The highest BCUT2D eigenvalue weighted by Gasteiger charge is 2.21. The fraction of sp³-hybridized carbons (Fsp3) is 0.350. The fourth-order valence-electron chi connectivity index (χ4n) is 2.70. The standard InChI is InChI=1S/C20H26N2O3/c1-4-13-24-17-11-9-16(10-12-17)20(23)21-15-18(22(5-2)6-3)19-8-7-14-25-19/h4,7-12,14,18H,1,5-6,13,15H2,2-3H3,(H,21,23)/t18-/m0/s1. The van der Waals surface area contributed by atoms with Crippen molar-refractivity contribution in [1.29, 1.82) is 0 Å². The molecule has 0 fully saturated rings. The van der Waals surface area contributed by atoms with Gasteiger partial charge in [-0.15, -0.1) is 0 Å². The van der Waals surface area contributed by atoms with E-state index in [1.807, 2.05) is 12.1 Å². The van der Waals surface area contributed by atoms with Gasteiger partial charge in [0.05, 0.1) is 12.3 Å². The first-order valence-corrected chi connectivity index (χ1v) is 8.59. The molecule has 1 amide bonds. The van der Waals surface area contributed by atoms with Gasteiger partial charge in [-0.3, -0.25) is 9.69 Å². The van der Waals surface area contributed by atoms with E-state index in [1.54, 1.807) is 36.6 Å². The summed E-state index contributed by atoms with van der Waals surface area (Å²) in [5.74, 6) is 1.46. The first-order chi connectivity index (χ1) is 12.2. The van der Waals surface area contributed by atoms with Gasteiger partial charge in [-0.2, -0.15) is 0 Å². The van der Waals surface area contributed by atoms with Crippen LogP contribution in [0.5, 0.6) is 5.75 Å². The lowest BCUT2D eigenvalue weighted by Crippen LogP contribution is -2.37. The summed E-state index contributed by atoms with van der Waals surface area (Å²) in [7, 11) is 0. The quantitative estimate of drug-likeness (QED) is 0.670. The number of carbonyl (C=O) groups excluding carboxylic acids is 1. The van der Waals surface area contributed by atoms with Crippen LogP contribution in [0.1, 0.15) is 36.0 Å². The predicted octanol–water partition coefficient (Wildman–Crippen LogP) is 3.66. The van der Waals surface area contributed by atoms with E-state index in [9.17, 15) is 4.79 Å². The van der Waals surface area contributed by atoms with Crippen LogP contribution in [0, 0.1) is 0 Å². The second-order valence-corrected chi connectivity index (χ2v) is 5.59. The minimum absolute atomic E-state index is 0.0177. The van der Waals surface area contributed by atoms with E-state index in [2.05, 4.69) is 30.6 Å². The highest BCUT2D eigenvalue weighted by molar-refractivity contribution is 5.94. The molecular formula is C20H26N2O3. The minimum Gasteiger partial charge on any atom is -0.490 e. The van der Waals surface area contributed by atoms with Crippen molar-refractivity contribution >= 4 is 5.91 Å². The second kappa shape index (κ2) is 9.69. The molecule has 0 aliphatic carbocycles. The molecule has 0 aliphatic rings. The lowest BCUT2D eigenvalue weighted by Gasteiger charge is -2.28. The number of ether oxygens (including phenoxy) is 1. The van der Waals surface area contributed by atoms with Gasteiger partial charge in [0.15, 0.2) is 0 Å². The molecule has 5 heteroatoms. The van der Waals surface area contributed by atoms with Gasteiger partial charge in [-0.05, 0) is 49.5 Å².